The van der Waals surface area contributed by atoms with Crippen molar-refractivity contribution >= 4 is 50.6 Å². The van der Waals surface area contributed by atoms with Gasteiger partial charge in [-0.25, -0.2) is 9.79 Å². The largest absolute Gasteiger partial charge is 0.463 e. The van der Waals surface area contributed by atoms with E-state index < -0.39 is 12.0 Å². The molecule has 0 aliphatic carbocycles. The molecule has 148 valence electrons. The van der Waals surface area contributed by atoms with Crippen molar-refractivity contribution in [1.82, 2.24) is 4.57 Å². The minimum absolute atomic E-state index is 0.165. The Labute approximate surface area is 183 Å². The minimum Gasteiger partial charge on any atom is -0.463 e. The summed E-state index contributed by atoms with van der Waals surface area (Å²) in [7, 11) is 0. The van der Waals surface area contributed by atoms with Gasteiger partial charge in [0.05, 0.1) is 22.4 Å². The van der Waals surface area contributed by atoms with E-state index in [1.807, 2.05) is 47.9 Å². The van der Waals surface area contributed by atoms with Crippen molar-refractivity contribution in [1.29, 1.82) is 0 Å². The Balaban J connectivity index is 1.94. The number of thiazole rings is 1. The molecule has 3 aromatic rings. The molecule has 0 saturated heterocycles. The van der Waals surface area contributed by atoms with Crippen molar-refractivity contribution in [3.8, 4) is 0 Å². The number of rotatable bonds is 4. The lowest BCUT2D eigenvalue weighted by molar-refractivity contribution is -0.139. The smallest absolute Gasteiger partial charge is 0.338 e. The number of carbonyl (C=O) groups is 1. The van der Waals surface area contributed by atoms with Crippen LogP contribution in [0.2, 0.25) is 0 Å². The molecule has 8 heteroatoms. The van der Waals surface area contributed by atoms with Gasteiger partial charge >= 0.3 is 5.97 Å². The second-order valence-electron chi connectivity index (χ2n) is 6.37. The van der Waals surface area contributed by atoms with Gasteiger partial charge in [-0.05, 0) is 49.1 Å². The summed E-state index contributed by atoms with van der Waals surface area (Å²) in [5, 5.41) is 1.94. The molecule has 5 nitrogen and oxygen atoms in total. The molecule has 1 aromatic carbocycles. The zero-order chi connectivity index (χ0) is 20.5. The van der Waals surface area contributed by atoms with E-state index in [9.17, 15) is 9.59 Å². The Morgan fingerprint density at radius 2 is 2.17 bits per heavy atom. The van der Waals surface area contributed by atoms with Crippen molar-refractivity contribution in [2.24, 2.45) is 4.99 Å². The highest BCUT2D eigenvalue weighted by atomic mass is 79.9. The number of aromatic nitrogens is 1. The number of esters is 1. The Kier molecular flexibility index (Phi) is 5.67. The van der Waals surface area contributed by atoms with Crippen molar-refractivity contribution < 1.29 is 9.53 Å². The number of carbonyl (C=O) groups excluding carboxylic acids is 1. The third-order valence-electron chi connectivity index (χ3n) is 4.48. The van der Waals surface area contributed by atoms with E-state index >= 15 is 0 Å². The number of allylic oxidation sites excluding steroid dienone is 1. The number of halogens is 1. The fourth-order valence-corrected chi connectivity index (χ4v) is 5.54. The van der Waals surface area contributed by atoms with Crippen LogP contribution in [0, 0.1) is 0 Å². The molecule has 0 radical (unpaired) electrons. The van der Waals surface area contributed by atoms with Crippen LogP contribution in [-0.2, 0) is 9.53 Å². The van der Waals surface area contributed by atoms with Crippen molar-refractivity contribution in [2.45, 2.75) is 19.9 Å². The van der Waals surface area contributed by atoms with Crippen LogP contribution < -0.4 is 14.9 Å². The highest BCUT2D eigenvalue weighted by molar-refractivity contribution is 9.10. The van der Waals surface area contributed by atoms with Crippen LogP contribution in [0.15, 0.2) is 67.3 Å². The lowest BCUT2D eigenvalue weighted by atomic mass is 10.0. The molecule has 0 saturated carbocycles. The number of nitrogens with zero attached hydrogens (tertiary/aromatic N) is 2. The average molecular weight is 489 g/mol. The first kappa shape index (κ1) is 20.0. The maximum absolute atomic E-state index is 13.3. The molecule has 0 bridgehead atoms. The van der Waals surface area contributed by atoms with E-state index in [1.165, 1.54) is 22.7 Å². The van der Waals surface area contributed by atoms with Gasteiger partial charge in [0.25, 0.3) is 5.56 Å². The molecule has 0 fully saturated rings. The zero-order valence-electron chi connectivity index (χ0n) is 15.7. The number of fused-ring (bicyclic) bond motifs is 1. The van der Waals surface area contributed by atoms with E-state index in [0.29, 0.717) is 20.6 Å². The molecule has 4 rings (SSSR count). The average Bonchev–Trinajstić information content (AvgIpc) is 3.30. The molecule has 3 heterocycles. The third kappa shape index (κ3) is 3.80. The van der Waals surface area contributed by atoms with E-state index in [0.717, 1.165) is 14.9 Å². The number of hydrogen-bond donors (Lipinski definition) is 0. The van der Waals surface area contributed by atoms with Crippen molar-refractivity contribution in [3.05, 3.63) is 87.6 Å². The zero-order valence-corrected chi connectivity index (χ0v) is 18.9. The first-order valence-corrected chi connectivity index (χ1v) is 11.5. The van der Waals surface area contributed by atoms with Crippen molar-refractivity contribution in [3.63, 3.8) is 0 Å². The van der Waals surface area contributed by atoms with Gasteiger partial charge in [-0.15, -0.1) is 11.3 Å². The van der Waals surface area contributed by atoms with Crippen LogP contribution in [0.3, 0.4) is 0 Å². The number of ether oxygens (including phenoxy) is 1. The van der Waals surface area contributed by atoms with Gasteiger partial charge in [0.2, 0.25) is 0 Å². The van der Waals surface area contributed by atoms with Crippen LogP contribution in [0.1, 0.15) is 30.3 Å². The summed E-state index contributed by atoms with van der Waals surface area (Å²) in [6.45, 7) is 3.82. The monoisotopic (exact) mass is 488 g/mol. The first-order chi connectivity index (χ1) is 14.0. The van der Waals surface area contributed by atoms with Crippen LogP contribution >= 0.6 is 38.6 Å². The second-order valence-corrected chi connectivity index (χ2v) is 9.28. The third-order valence-corrected chi connectivity index (χ3v) is 6.88. The van der Waals surface area contributed by atoms with Gasteiger partial charge in [0.1, 0.15) is 6.04 Å². The Morgan fingerprint density at radius 3 is 2.86 bits per heavy atom. The molecule has 1 atom stereocenters. The standard InChI is InChI=1S/C21H17BrN2O3S2/c1-3-27-20(26)17-12(2)23-21-24(18(17)15-8-5-9-28-15)19(25)16(29-21)11-13-6-4-7-14(22)10-13/h4-11,18H,3H2,1-2H3/b16-11+. The van der Waals surface area contributed by atoms with Gasteiger partial charge in [0, 0.05) is 9.35 Å². The molecule has 0 N–H and O–H groups in total. The van der Waals surface area contributed by atoms with E-state index in [1.54, 1.807) is 18.4 Å². The van der Waals surface area contributed by atoms with Crippen LogP contribution in [0.4, 0.5) is 0 Å². The molecule has 1 unspecified atom stereocenters. The molecular weight excluding hydrogens is 472 g/mol. The van der Waals surface area contributed by atoms with Gasteiger partial charge < -0.3 is 4.74 Å². The highest BCUT2D eigenvalue weighted by Crippen LogP contribution is 2.33. The van der Waals surface area contributed by atoms with E-state index in [-0.39, 0.29) is 12.2 Å². The molecule has 1 aliphatic heterocycles. The summed E-state index contributed by atoms with van der Waals surface area (Å²) in [5.74, 6) is -0.437. The van der Waals surface area contributed by atoms with Gasteiger partial charge in [-0.2, -0.15) is 0 Å². The predicted molar refractivity (Wildman–Crippen MR) is 119 cm³/mol. The minimum atomic E-state index is -0.532. The van der Waals surface area contributed by atoms with Crippen molar-refractivity contribution in [2.75, 3.05) is 6.61 Å². The number of thiophene rings is 1. The number of hydrogen-bond acceptors (Lipinski definition) is 6. The predicted octanol–water partition coefficient (Wildman–Crippen LogP) is 3.62. The lowest BCUT2D eigenvalue weighted by Crippen LogP contribution is -2.39. The summed E-state index contributed by atoms with van der Waals surface area (Å²) in [5.41, 5.74) is 1.74. The normalized spacial score (nSPS) is 16.5. The SMILES string of the molecule is CCOC(=O)C1=C(C)N=c2s/c(=C/c3cccc(Br)c3)c(=O)n2C1c1cccs1. The van der Waals surface area contributed by atoms with Gasteiger partial charge in [-0.3, -0.25) is 9.36 Å². The van der Waals surface area contributed by atoms with E-state index in [2.05, 4.69) is 20.9 Å². The maximum Gasteiger partial charge on any atom is 0.338 e. The summed E-state index contributed by atoms with van der Waals surface area (Å²) in [6, 6.07) is 11.1. The van der Waals surface area contributed by atoms with Gasteiger partial charge in [0.15, 0.2) is 4.80 Å². The topological polar surface area (TPSA) is 60.7 Å². The molecule has 0 amide bonds. The Morgan fingerprint density at radius 1 is 1.34 bits per heavy atom. The van der Waals surface area contributed by atoms with Crippen LogP contribution in [-0.4, -0.2) is 17.1 Å². The number of benzene rings is 1. The van der Waals surface area contributed by atoms with E-state index in [4.69, 9.17) is 4.74 Å². The maximum atomic E-state index is 13.3. The fourth-order valence-electron chi connectivity index (χ4n) is 3.26. The molecule has 0 spiro atoms. The summed E-state index contributed by atoms with van der Waals surface area (Å²) >= 11 is 6.29. The van der Waals surface area contributed by atoms with Crippen LogP contribution in [0.5, 0.6) is 0 Å². The Hall–Kier alpha value is -2.29. The summed E-state index contributed by atoms with van der Waals surface area (Å²) in [4.78, 5) is 32.1. The second kappa shape index (κ2) is 8.22. The fraction of sp³-hybridized carbons (Fsp3) is 0.190. The quantitative estimate of drug-likeness (QED) is 0.526. The summed E-state index contributed by atoms with van der Waals surface area (Å²) in [6.07, 6.45) is 1.85. The highest BCUT2D eigenvalue weighted by Gasteiger charge is 2.33. The molecule has 1 aliphatic rings. The Bertz CT molecular complexity index is 1290. The van der Waals surface area contributed by atoms with Crippen LogP contribution in [0.25, 0.3) is 6.08 Å². The lowest BCUT2D eigenvalue weighted by Gasteiger charge is -2.23. The van der Waals surface area contributed by atoms with Gasteiger partial charge in [-0.1, -0.05) is 45.5 Å². The summed E-state index contributed by atoms with van der Waals surface area (Å²) < 4.78 is 8.40. The molecule has 2 aromatic heterocycles. The molecular formula is C21H17BrN2O3S2. The molecule has 29 heavy (non-hydrogen) atoms. The first-order valence-electron chi connectivity index (χ1n) is 8.98.